The summed E-state index contributed by atoms with van der Waals surface area (Å²) in [6.07, 6.45) is 0. The van der Waals surface area contributed by atoms with Gasteiger partial charge < -0.3 is 4.74 Å². The molecule has 3 aromatic carbocycles. The molecule has 0 amide bonds. The highest BCUT2D eigenvalue weighted by Gasteiger charge is 2.36. The molecule has 0 fully saturated rings. The summed E-state index contributed by atoms with van der Waals surface area (Å²) in [6, 6.07) is 25.4. The molecule has 0 bridgehead atoms. The fourth-order valence-corrected chi connectivity index (χ4v) is 4.79. The molecule has 33 heavy (non-hydrogen) atoms. The Morgan fingerprint density at radius 1 is 0.909 bits per heavy atom. The molecule has 0 atom stereocenters. The Balaban J connectivity index is 1.75. The Morgan fingerprint density at radius 2 is 1.58 bits per heavy atom. The van der Waals surface area contributed by atoms with Crippen molar-refractivity contribution in [2.75, 3.05) is 7.11 Å². The summed E-state index contributed by atoms with van der Waals surface area (Å²) in [5.41, 5.74) is 2.57. The van der Waals surface area contributed by atoms with E-state index in [1.54, 1.807) is 49.6 Å². The van der Waals surface area contributed by atoms with Gasteiger partial charge in [-0.25, -0.2) is 4.98 Å². The Bertz CT molecular complexity index is 1460. The molecule has 5 rings (SSSR count). The van der Waals surface area contributed by atoms with Crippen molar-refractivity contribution in [3.05, 3.63) is 107 Å². The number of ketones is 2. The fourth-order valence-electron chi connectivity index (χ4n) is 3.91. The van der Waals surface area contributed by atoms with Crippen molar-refractivity contribution in [1.82, 2.24) is 4.98 Å². The van der Waals surface area contributed by atoms with Gasteiger partial charge in [0.1, 0.15) is 22.5 Å². The minimum Gasteiger partial charge on any atom is -0.497 e. The number of benzene rings is 3. The van der Waals surface area contributed by atoms with E-state index < -0.39 is 0 Å². The van der Waals surface area contributed by atoms with Crippen LogP contribution in [0.2, 0.25) is 0 Å². The van der Waals surface area contributed by atoms with Gasteiger partial charge in [-0.15, -0.1) is 0 Å². The van der Waals surface area contributed by atoms with E-state index in [1.807, 2.05) is 36.4 Å². The second-order valence-corrected chi connectivity index (χ2v) is 8.41. The molecule has 1 aliphatic rings. The summed E-state index contributed by atoms with van der Waals surface area (Å²) in [6.45, 7) is 0. The number of fused-ring (bicyclic) bond motifs is 3. The summed E-state index contributed by atoms with van der Waals surface area (Å²) < 4.78 is 5.22. The second-order valence-electron chi connectivity index (χ2n) is 7.35. The third-order valence-corrected chi connectivity index (χ3v) is 6.47. The highest BCUT2D eigenvalue weighted by molar-refractivity contribution is 7.99. The molecule has 6 heteroatoms. The number of hydrogen-bond donors (Lipinski definition) is 0. The zero-order chi connectivity index (χ0) is 22.9. The highest BCUT2D eigenvalue weighted by atomic mass is 32.2. The Hall–Kier alpha value is -4.21. The van der Waals surface area contributed by atoms with E-state index in [9.17, 15) is 14.9 Å². The average molecular weight is 449 g/mol. The van der Waals surface area contributed by atoms with Crippen LogP contribution in [0.3, 0.4) is 0 Å². The van der Waals surface area contributed by atoms with Crippen LogP contribution >= 0.6 is 11.8 Å². The molecule has 1 aliphatic carbocycles. The van der Waals surface area contributed by atoms with E-state index in [0.29, 0.717) is 33.0 Å². The SMILES string of the molecule is COc1ccc(Sc2nc(C(=O)c3ccccc3)c3c(c2C#N)-c2ccccc2C3=O)cc1. The normalized spacial score (nSPS) is 11.5. The molecule has 4 aromatic rings. The van der Waals surface area contributed by atoms with E-state index in [4.69, 9.17) is 4.74 Å². The van der Waals surface area contributed by atoms with Crippen LogP contribution in [0, 0.1) is 11.3 Å². The number of hydrogen-bond acceptors (Lipinski definition) is 6. The number of nitrogens with zero attached hydrogens (tertiary/aromatic N) is 2. The van der Waals surface area contributed by atoms with Crippen molar-refractivity contribution < 1.29 is 14.3 Å². The monoisotopic (exact) mass is 448 g/mol. The zero-order valence-corrected chi connectivity index (χ0v) is 18.3. The number of rotatable bonds is 5. The van der Waals surface area contributed by atoms with Gasteiger partial charge in [-0.05, 0) is 29.8 Å². The molecular formula is C27H16N2O3S. The Kier molecular flexibility index (Phi) is 5.25. The van der Waals surface area contributed by atoms with Crippen LogP contribution < -0.4 is 4.74 Å². The molecule has 158 valence electrons. The van der Waals surface area contributed by atoms with Gasteiger partial charge in [0.15, 0.2) is 5.78 Å². The van der Waals surface area contributed by atoms with Crippen molar-refractivity contribution in [2.45, 2.75) is 9.92 Å². The van der Waals surface area contributed by atoms with Gasteiger partial charge in [0.2, 0.25) is 5.78 Å². The van der Waals surface area contributed by atoms with E-state index in [-0.39, 0.29) is 28.4 Å². The van der Waals surface area contributed by atoms with Gasteiger partial charge in [-0.2, -0.15) is 5.26 Å². The number of methoxy groups -OCH3 is 1. The minimum atomic E-state index is -0.353. The first-order chi connectivity index (χ1) is 16.1. The summed E-state index contributed by atoms with van der Waals surface area (Å²) >= 11 is 1.27. The summed E-state index contributed by atoms with van der Waals surface area (Å²) in [7, 11) is 1.59. The molecule has 1 heterocycles. The lowest BCUT2D eigenvalue weighted by molar-refractivity contribution is 0.100. The predicted octanol–water partition coefficient (Wildman–Crippen LogP) is 5.56. The van der Waals surface area contributed by atoms with Gasteiger partial charge in [-0.1, -0.05) is 66.4 Å². The van der Waals surface area contributed by atoms with Crippen molar-refractivity contribution in [2.24, 2.45) is 0 Å². The molecular weight excluding hydrogens is 432 g/mol. The van der Waals surface area contributed by atoms with Crippen molar-refractivity contribution in [3.63, 3.8) is 0 Å². The number of ether oxygens (including phenoxy) is 1. The smallest absolute Gasteiger partial charge is 0.212 e. The van der Waals surface area contributed by atoms with Gasteiger partial charge in [0, 0.05) is 21.6 Å². The fraction of sp³-hybridized carbons (Fsp3) is 0.0370. The Morgan fingerprint density at radius 3 is 2.24 bits per heavy atom. The highest BCUT2D eigenvalue weighted by Crippen LogP contribution is 2.44. The lowest BCUT2D eigenvalue weighted by Crippen LogP contribution is -2.13. The first-order valence-electron chi connectivity index (χ1n) is 10.2. The van der Waals surface area contributed by atoms with Crippen LogP contribution in [0.1, 0.15) is 37.5 Å². The van der Waals surface area contributed by atoms with Crippen LogP contribution in [-0.4, -0.2) is 23.7 Å². The number of pyridine rings is 1. The number of nitriles is 1. The summed E-state index contributed by atoms with van der Waals surface area (Å²) in [5.74, 6) is 0.0696. The molecule has 0 unspecified atom stereocenters. The lowest BCUT2D eigenvalue weighted by Gasteiger charge is -2.13. The van der Waals surface area contributed by atoms with Crippen molar-refractivity contribution in [3.8, 4) is 22.9 Å². The third-order valence-electron chi connectivity index (χ3n) is 5.47. The largest absolute Gasteiger partial charge is 0.497 e. The van der Waals surface area contributed by atoms with Crippen LogP contribution in [0.15, 0.2) is 88.8 Å². The van der Waals surface area contributed by atoms with Crippen LogP contribution in [-0.2, 0) is 0 Å². The number of aromatic nitrogens is 1. The van der Waals surface area contributed by atoms with Crippen LogP contribution in [0.4, 0.5) is 0 Å². The van der Waals surface area contributed by atoms with E-state index in [1.165, 1.54) is 11.8 Å². The maximum Gasteiger partial charge on any atom is 0.212 e. The van der Waals surface area contributed by atoms with E-state index in [2.05, 4.69) is 11.1 Å². The number of carbonyl (C=O) groups excluding carboxylic acids is 2. The molecule has 0 saturated heterocycles. The maximum absolute atomic E-state index is 13.5. The summed E-state index contributed by atoms with van der Waals surface area (Å²) in [4.78, 5) is 32.2. The topological polar surface area (TPSA) is 80.0 Å². The van der Waals surface area contributed by atoms with Gasteiger partial charge >= 0.3 is 0 Å². The first-order valence-corrected chi connectivity index (χ1v) is 11.0. The lowest BCUT2D eigenvalue weighted by atomic mass is 9.97. The average Bonchev–Trinajstić information content (AvgIpc) is 3.17. The number of carbonyl (C=O) groups is 2. The van der Waals surface area contributed by atoms with Gasteiger partial charge in [0.25, 0.3) is 0 Å². The van der Waals surface area contributed by atoms with Gasteiger partial charge in [-0.3, -0.25) is 9.59 Å². The molecule has 0 radical (unpaired) electrons. The van der Waals surface area contributed by atoms with Crippen molar-refractivity contribution >= 4 is 23.3 Å². The molecule has 0 spiro atoms. The molecule has 5 nitrogen and oxygen atoms in total. The van der Waals surface area contributed by atoms with Crippen molar-refractivity contribution in [1.29, 1.82) is 5.26 Å². The Labute approximate surface area is 194 Å². The van der Waals surface area contributed by atoms with Crippen LogP contribution in [0.25, 0.3) is 11.1 Å². The summed E-state index contributed by atoms with van der Waals surface area (Å²) in [5, 5.41) is 10.5. The molecule has 0 N–H and O–H groups in total. The van der Waals surface area contributed by atoms with Gasteiger partial charge in [0.05, 0.1) is 18.2 Å². The first kappa shape index (κ1) is 20.7. The quantitative estimate of drug-likeness (QED) is 0.328. The predicted molar refractivity (Wildman–Crippen MR) is 125 cm³/mol. The molecule has 1 aromatic heterocycles. The van der Waals surface area contributed by atoms with E-state index in [0.717, 1.165) is 4.90 Å². The third kappa shape index (κ3) is 3.49. The standard InChI is InChI=1S/C27H16N2O3S/c1-32-17-11-13-18(14-12-17)33-27-21(15-28)22-19-9-5-6-10-20(19)26(31)23(22)24(29-27)25(30)16-7-3-2-4-8-16/h2-14H,1H3. The minimum absolute atomic E-state index is 0.0624. The molecule has 0 aliphatic heterocycles. The van der Waals surface area contributed by atoms with E-state index >= 15 is 0 Å². The zero-order valence-electron chi connectivity index (χ0n) is 17.5. The second kappa shape index (κ2) is 8.38. The van der Waals surface area contributed by atoms with Crippen LogP contribution in [0.5, 0.6) is 5.75 Å². The maximum atomic E-state index is 13.5. The molecule has 0 saturated carbocycles.